The molecule has 184 valence electrons. The first kappa shape index (κ1) is 23.6. The number of fused-ring (bicyclic) bond motifs is 1. The molecule has 1 aliphatic heterocycles. The van der Waals surface area contributed by atoms with Crippen LogP contribution in [-0.2, 0) is 30.7 Å². The fourth-order valence-electron chi connectivity index (χ4n) is 4.46. The van der Waals surface area contributed by atoms with Crippen molar-refractivity contribution in [1.82, 2.24) is 15.5 Å². The summed E-state index contributed by atoms with van der Waals surface area (Å²) in [4.78, 5) is 19.2. The van der Waals surface area contributed by atoms with Gasteiger partial charge in [0.15, 0.2) is 0 Å². The number of benzene rings is 3. The summed E-state index contributed by atoms with van der Waals surface area (Å²) in [5.41, 5.74) is 5.99. The number of nitrogens with zero attached hydrogens (tertiary/aromatic N) is 3. The van der Waals surface area contributed by atoms with Crippen molar-refractivity contribution in [3.63, 3.8) is 0 Å². The second kappa shape index (κ2) is 11.1. The van der Waals surface area contributed by atoms with Crippen LogP contribution in [0.2, 0.25) is 0 Å². The highest BCUT2D eigenvalue weighted by Gasteiger charge is 2.18. The van der Waals surface area contributed by atoms with Crippen LogP contribution in [0.5, 0.6) is 5.75 Å². The number of anilines is 1. The molecule has 36 heavy (non-hydrogen) atoms. The normalized spacial score (nSPS) is 12.4. The van der Waals surface area contributed by atoms with E-state index in [-0.39, 0.29) is 5.91 Å². The summed E-state index contributed by atoms with van der Waals surface area (Å²) in [7, 11) is 1.63. The van der Waals surface area contributed by atoms with Gasteiger partial charge in [0.25, 0.3) is 0 Å². The third-order valence-corrected chi connectivity index (χ3v) is 6.48. The van der Waals surface area contributed by atoms with Gasteiger partial charge in [-0.15, -0.1) is 0 Å². The molecule has 0 bridgehead atoms. The molecule has 2 heterocycles. The van der Waals surface area contributed by atoms with E-state index in [1.807, 2.05) is 24.3 Å². The van der Waals surface area contributed by atoms with Crippen LogP contribution in [0.3, 0.4) is 0 Å². The minimum atomic E-state index is 0.0163. The second-order valence-corrected chi connectivity index (χ2v) is 8.99. The fourth-order valence-corrected chi connectivity index (χ4v) is 4.46. The molecule has 1 aliphatic rings. The Morgan fingerprint density at radius 1 is 1.03 bits per heavy atom. The Labute approximate surface area is 211 Å². The molecule has 0 unspecified atom stereocenters. The number of aryl methyl sites for hydroxylation is 1. The number of amides is 1. The summed E-state index contributed by atoms with van der Waals surface area (Å²) >= 11 is 0. The monoisotopic (exact) mass is 482 g/mol. The molecule has 0 aliphatic carbocycles. The average molecular weight is 483 g/mol. The van der Waals surface area contributed by atoms with Gasteiger partial charge in [-0.3, -0.25) is 4.79 Å². The lowest BCUT2D eigenvalue weighted by molar-refractivity contribution is -0.121. The Morgan fingerprint density at radius 2 is 1.81 bits per heavy atom. The third kappa shape index (κ3) is 5.74. The topological polar surface area (TPSA) is 80.5 Å². The van der Waals surface area contributed by atoms with Gasteiger partial charge in [0.1, 0.15) is 5.75 Å². The standard InChI is InChI=1S/C29H30N4O3/c1-35-25-15-13-24(14-16-25)29-31-28(36-32-29)8-4-7-27(34)30-19-21-9-11-22(12-10-21)20-33-18-17-23-5-2-3-6-26(23)33/h2-3,5-6,9-16H,4,7-8,17-20H2,1H3,(H,30,34). The van der Waals surface area contributed by atoms with E-state index in [1.165, 1.54) is 16.8 Å². The van der Waals surface area contributed by atoms with Gasteiger partial charge in [-0.05, 0) is 59.9 Å². The highest BCUT2D eigenvalue weighted by Crippen LogP contribution is 2.28. The summed E-state index contributed by atoms with van der Waals surface area (Å²) in [5.74, 6) is 1.86. The lowest BCUT2D eigenvalue weighted by Gasteiger charge is -2.19. The fraction of sp³-hybridized carbons (Fsp3) is 0.276. The average Bonchev–Trinajstić information content (AvgIpc) is 3.56. The first-order valence-corrected chi connectivity index (χ1v) is 12.3. The molecule has 0 atom stereocenters. The molecule has 5 rings (SSSR count). The van der Waals surface area contributed by atoms with Crippen LogP contribution < -0.4 is 15.0 Å². The summed E-state index contributed by atoms with van der Waals surface area (Å²) < 4.78 is 10.5. The molecule has 0 saturated carbocycles. The molecule has 1 amide bonds. The number of ether oxygens (including phenoxy) is 1. The van der Waals surface area contributed by atoms with Crippen LogP contribution in [0.4, 0.5) is 5.69 Å². The van der Waals surface area contributed by atoms with E-state index in [1.54, 1.807) is 7.11 Å². The van der Waals surface area contributed by atoms with E-state index < -0.39 is 0 Å². The van der Waals surface area contributed by atoms with Crippen molar-refractivity contribution >= 4 is 11.6 Å². The zero-order valence-electron chi connectivity index (χ0n) is 20.4. The smallest absolute Gasteiger partial charge is 0.226 e. The third-order valence-electron chi connectivity index (χ3n) is 6.48. The number of hydrogen-bond donors (Lipinski definition) is 1. The van der Waals surface area contributed by atoms with E-state index in [0.717, 1.165) is 36.4 Å². The van der Waals surface area contributed by atoms with Gasteiger partial charge < -0.3 is 19.5 Å². The lowest BCUT2D eigenvalue weighted by Crippen LogP contribution is -2.22. The number of para-hydroxylation sites is 1. The highest BCUT2D eigenvalue weighted by atomic mass is 16.5. The van der Waals surface area contributed by atoms with Crippen molar-refractivity contribution in [2.45, 2.75) is 38.8 Å². The molecule has 0 fully saturated rings. The van der Waals surface area contributed by atoms with Crippen molar-refractivity contribution in [2.75, 3.05) is 18.6 Å². The van der Waals surface area contributed by atoms with Crippen LogP contribution >= 0.6 is 0 Å². The maximum absolute atomic E-state index is 12.3. The van der Waals surface area contributed by atoms with Crippen LogP contribution in [0.25, 0.3) is 11.4 Å². The van der Waals surface area contributed by atoms with Gasteiger partial charge in [0, 0.05) is 43.7 Å². The minimum absolute atomic E-state index is 0.0163. The zero-order chi connectivity index (χ0) is 24.7. The van der Waals surface area contributed by atoms with Gasteiger partial charge in [-0.1, -0.05) is 47.6 Å². The number of rotatable bonds is 10. The van der Waals surface area contributed by atoms with Crippen LogP contribution in [0, 0.1) is 0 Å². The minimum Gasteiger partial charge on any atom is -0.497 e. The quantitative estimate of drug-likeness (QED) is 0.345. The van der Waals surface area contributed by atoms with Gasteiger partial charge >= 0.3 is 0 Å². The first-order valence-electron chi connectivity index (χ1n) is 12.3. The van der Waals surface area contributed by atoms with Crippen molar-refractivity contribution in [1.29, 1.82) is 0 Å². The summed E-state index contributed by atoms with van der Waals surface area (Å²) in [6.45, 7) is 2.48. The van der Waals surface area contributed by atoms with Crippen molar-refractivity contribution < 1.29 is 14.1 Å². The Kier molecular flexibility index (Phi) is 7.26. The van der Waals surface area contributed by atoms with Crippen LogP contribution in [0.1, 0.15) is 35.4 Å². The van der Waals surface area contributed by atoms with Crippen molar-refractivity contribution in [2.24, 2.45) is 0 Å². The predicted molar refractivity (Wildman–Crippen MR) is 139 cm³/mol. The summed E-state index contributed by atoms with van der Waals surface area (Å²) in [6, 6.07) is 24.6. The number of carbonyl (C=O) groups excluding carboxylic acids is 1. The van der Waals surface area contributed by atoms with E-state index in [0.29, 0.717) is 37.5 Å². The Balaban J connectivity index is 1.04. The molecule has 7 nitrogen and oxygen atoms in total. The van der Waals surface area contributed by atoms with E-state index in [9.17, 15) is 4.79 Å². The van der Waals surface area contributed by atoms with E-state index >= 15 is 0 Å². The largest absolute Gasteiger partial charge is 0.497 e. The summed E-state index contributed by atoms with van der Waals surface area (Å²) in [5, 5.41) is 7.04. The molecule has 0 saturated heterocycles. The second-order valence-electron chi connectivity index (χ2n) is 8.99. The van der Waals surface area contributed by atoms with Crippen molar-refractivity contribution in [3.8, 4) is 17.1 Å². The predicted octanol–water partition coefficient (Wildman–Crippen LogP) is 4.95. The number of carbonyl (C=O) groups is 1. The van der Waals surface area contributed by atoms with Gasteiger partial charge in [-0.25, -0.2) is 0 Å². The van der Waals surface area contributed by atoms with Gasteiger partial charge in [0.2, 0.25) is 17.6 Å². The number of hydrogen-bond acceptors (Lipinski definition) is 6. The molecule has 0 radical (unpaired) electrons. The molecular formula is C29H30N4O3. The number of methoxy groups -OCH3 is 1. The maximum atomic E-state index is 12.3. The number of aromatic nitrogens is 2. The molecular weight excluding hydrogens is 452 g/mol. The highest BCUT2D eigenvalue weighted by molar-refractivity contribution is 5.75. The Hall–Kier alpha value is -4.13. The lowest BCUT2D eigenvalue weighted by atomic mass is 10.1. The molecule has 1 aromatic heterocycles. The zero-order valence-corrected chi connectivity index (χ0v) is 20.4. The molecule has 0 spiro atoms. The maximum Gasteiger partial charge on any atom is 0.226 e. The van der Waals surface area contributed by atoms with Crippen LogP contribution in [0.15, 0.2) is 77.3 Å². The van der Waals surface area contributed by atoms with E-state index in [4.69, 9.17) is 9.26 Å². The molecule has 3 aromatic carbocycles. The molecule has 4 aromatic rings. The molecule has 1 N–H and O–H groups in total. The SMILES string of the molecule is COc1ccc(-c2noc(CCCC(=O)NCc3ccc(CN4CCc5ccccc54)cc3)n2)cc1. The van der Waals surface area contributed by atoms with Crippen LogP contribution in [-0.4, -0.2) is 29.7 Å². The first-order chi connectivity index (χ1) is 17.7. The number of nitrogens with one attached hydrogen (secondary N) is 1. The summed E-state index contributed by atoms with van der Waals surface area (Å²) in [6.07, 6.45) is 2.72. The van der Waals surface area contributed by atoms with Gasteiger partial charge in [-0.2, -0.15) is 4.98 Å². The Morgan fingerprint density at radius 3 is 2.61 bits per heavy atom. The van der Waals surface area contributed by atoms with Crippen molar-refractivity contribution in [3.05, 3.63) is 95.4 Å². The Bertz CT molecular complexity index is 1300. The van der Waals surface area contributed by atoms with Gasteiger partial charge in [0.05, 0.1) is 7.11 Å². The molecule has 7 heteroatoms. The van der Waals surface area contributed by atoms with E-state index in [2.05, 4.69) is 68.9 Å².